The van der Waals surface area contributed by atoms with Crippen LogP contribution in [0.5, 0.6) is 0 Å². The second kappa shape index (κ2) is 8.77. The zero-order valence-corrected chi connectivity index (χ0v) is 18.7. The van der Waals surface area contributed by atoms with Crippen LogP contribution in [-0.4, -0.2) is 52.4 Å². The number of hydrogen-bond acceptors (Lipinski definition) is 4. The molecular formula is C23H30F3N5O. The maximum atomic E-state index is 13.6. The van der Waals surface area contributed by atoms with Gasteiger partial charge in [-0.05, 0) is 56.8 Å². The maximum Gasteiger partial charge on any atom is 0.410 e. The highest BCUT2D eigenvalue weighted by Crippen LogP contribution is 2.41. The van der Waals surface area contributed by atoms with Gasteiger partial charge in [-0.15, -0.1) is 0 Å². The molecule has 1 fully saturated rings. The Morgan fingerprint density at radius 1 is 1.28 bits per heavy atom. The van der Waals surface area contributed by atoms with E-state index in [0.717, 1.165) is 27.9 Å². The van der Waals surface area contributed by atoms with E-state index in [1.807, 2.05) is 43.9 Å². The lowest BCUT2D eigenvalue weighted by Crippen LogP contribution is -2.38. The molecule has 32 heavy (non-hydrogen) atoms. The van der Waals surface area contributed by atoms with Crippen molar-refractivity contribution in [1.29, 1.82) is 0 Å². The molecule has 1 amide bonds. The van der Waals surface area contributed by atoms with Crippen LogP contribution in [-0.2, 0) is 4.79 Å². The quantitative estimate of drug-likeness (QED) is 0.699. The molecule has 3 atom stereocenters. The molecule has 6 nitrogen and oxygen atoms in total. The number of nitrogens with one attached hydrogen (secondary N) is 2. The second-order valence-corrected chi connectivity index (χ2v) is 9.03. The Balaban J connectivity index is 1.41. The normalized spacial score (nSPS) is 23.6. The summed E-state index contributed by atoms with van der Waals surface area (Å²) in [6, 6.07) is 5.86. The van der Waals surface area contributed by atoms with Gasteiger partial charge < -0.3 is 10.6 Å². The van der Waals surface area contributed by atoms with Crippen molar-refractivity contribution >= 4 is 17.4 Å². The van der Waals surface area contributed by atoms with Crippen LogP contribution in [0.25, 0.3) is 0 Å². The molecule has 3 heterocycles. The van der Waals surface area contributed by atoms with Crippen molar-refractivity contribution in [3.63, 3.8) is 0 Å². The van der Waals surface area contributed by atoms with E-state index in [2.05, 4.69) is 15.7 Å². The fourth-order valence-corrected chi connectivity index (χ4v) is 4.62. The van der Waals surface area contributed by atoms with Crippen molar-refractivity contribution in [2.45, 2.75) is 64.2 Å². The number of nitrogens with zero attached hydrogens (tertiary/aromatic N) is 3. The molecule has 0 saturated carbocycles. The zero-order valence-electron chi connectivity index (χ0n) is 18.7. The number of fused-ring (bicyclic) bond motifs is 1. The number of carbonyl (C=O) groups excluding carboxylic acids is 1. The van der Waals surface area contributed by atoms with E-state index in [-0.39, 0.29) is 30.8 Å². The van der Waals surface area contributed by atoms with E-state index >= 15 is 0 Å². The summed E-state index contributed by atoms with van der Waals surface area (Å²) >= 11 is 0. The third-order valence-electron chi connectivity index (χ3n) is 6.51. The monoisotopic (exact) mass is 449 g/mol. The number of likely N-dealkylation sites (tertiary alicyclic amines) is 1. The van der Waals surface area contributed by atoms with Crippen molar-refractivity contribution in [2.75, 3.05) is 30.3 Å². The Kier molecular flexibility index (Phi) is 6.20. The molecular weight excluding hydrogens is 419 g/mol. The summed E-state index contributed by atoms with van der Waals surface area (Å²) in [5, 5.41) is 10.5. The van der Waals surface area contributed by atoms with Crippen LogP contribution in [0.15, 0.2) is 24.3 Å². The molecule has 1 saturated heterocycles. The number of carbonyl (C=O) groups is 1. The van der Waals surface area contributed by atoms with Gasteiger partial charge in [0.2, 0.25) is 5.91 Å². The molecule has 2 N–H and O–H groups in total. The summed E-state index contributed by atoms with van der Waals surface area (Å²) < 4.78 is 41.9. The molecule has 2 aliphatic heterocycles. The minimum atomic E-state index is -4.33. The summed E-state index contributed by atoms with van der Waals surface area (Å²) in [5.74, 6) is 0.358. The number of rotatable bonds is 5. The van der Waals surface area contributed by atoms with Crippen LogP contribution in [0, 0.1) is 13.8 Å². The average molecular weight is 450 g/mol. The van der Waals surface area contributed by atoms with Gasteiger partial charge in [0.25, 0.3) is 0 Å². The molecule has 4 rings (SSSR count). The number of amides is 1. The Morgan fingerprint density at radius 3 is 2.78 bits per heavy atom. The summed E-state index contributed by atoms with van der Waals surface area (Å²) in [6.45, 7) is 7.37. The van der Waals surface area contributed by atoms with Gasteiger partial charge in [-0.2, -0.15) is 18.3 Å². The first-order chi connectivity index (χ1) is 15.1. The highest BCUT2D eigenvalue weighted by Gasteiger charge is 2.46. The van der Waals surface area contributed by atoms with E-state index in [1.165, 1.54) is 0 Å². The molecule has 9 heteroatoms. The maximum absolute atomic E-state index is 13.6. The van der Waals surface area contributed by atoms with Crippen LogP contribution in [0.4, 0.5) is 24.7 Å². The summed E-state index contributed by atoms with van der Waals surface area (Å²) in [7, 11) is 0. The van der Waals surface area contributed by atoms with Crippen LogP contribution >= 0.6 is 0 Å². The molecule has 0 aliphatic carbocycles. The van der Waals surface area contributed by atoms with Gasteiger partial charge in [0, 0.05) is 30.3 Å². The first-order valence-electron chi connectivity index (χ1n) is 11.2. The third kappa shape index (κ3) is 4.77. The van der Waals surface area contributed by atoms with E-state index in [0.29, 0.717) is 31.0 Å². The minimum absolute atomic E-state index is 0.0105. The van der Waals surface area contributed by atoms with Gasteiger partial charge in [-0.3, -0.25) is 9.69 Å². The molecule has 1 aromatic carbocycles. The first kappa shape index (κ1) is 22.6. The predicted molar refractivity (Wildman–Crippen MR) is 118 cm³/mol. The molecule has 0 radical (unpaired) electrons. The molecule has 174 valence electrons. The van der Waals surface area contributed by atoms with Gasteiger partial charge in [-0.1, -0.05) is 19.1 Å². The molecule has 2 aromatic rings. The summed E-state index contributed by atoms with van der Waals surface area (Å²) in [5.41, 5.74) is 3.55. The molecule has 0 unspecified atom stereocenters. The average Bonchev–Trinajstić information content (AvgIpc) is 3.35. The highest BCUT2D eigenvalue weighted by atomic mass is 19.4. The number of hydrogen-bond donors (Lipinski definition) is 2. The Hall–Kier alpha value is -2.55. The number of anilines is 2. The van der Waals surface area contributed by atoms with Crippen molar-refractivity contribution in [2.24, 2.45) is 0 Å². The van der Waals surface area contributed by atoms with Crippen LogP contribution in [0.1, 0.15) is 55.0 Å². The number of benzene rings is 1. The van der Waals surface area contributed by atoms with E-state index in [9.17, 15) is 18.0 Å². The van der Waals surface area contributed by atoms with Crippen molar-refractivity contribution < 1.29 is 18.0 Å². The second-order valence-electron chi connectivity index (χ2n) is 9.03. The SMILES string of the molecule is CC[C@H]1C[C@@H](C(F)(F)F)n2nc([C@@H]3CCN(CC(=O)Nc4cc(C)ccc4C)C3)cc2N1. The Morgan fingerprint density at radius 2 is 2.06 bits per heavy atom. The number of aromatic nitrogens is 2. The molecule has 1 aromatic heterocycles. The van der Waals surface area contributed by atoms with Gasteiger partial charge in [0.1, 0.15) is 5.82 Å². The topological polar surface area (TPSA) is 62.2 Å². The highest BCUT2D eigenvalue weighted by molar-refractivity contribution is 5.93. The predicted octanol–water partition coefficient (Wildman–Crippen LogP) is 4.63. The zero-order chi connectivity index (χ0) is 23.0. The summed E-state index contributed by atoms with van der Waals surface area (Å²) in [6.07, 6.45) is -2.95. The molecule has 2 aliphatic rings. The van der Waals surface area contributed by atoms with E-state index < -0.39 is 12.2 Å². The number of alkyl halides is 3. The van der Waals surface area contributed by atoms with Crippen molar-refractivity contribution in [3.05, 3.63) is 41.1 Å². The lowest BCUT2D eigenvalue weighted by atomic mass is 10.0. The van der Waals surface area contributed by atoms with Gasteiger partial charge in [0.05, 0.1) is 12.2 Å². The third-order valence-corrected chi connectivity index (χ3v) is 6.51. The Bertz CT molecular complexity index is 986. The smallest absolute Gasteiger partial charge is 0.367 e. The van der Waals surface area contributed by atoms with Crippen LogP contribution in [0.3, 0.4) is 0 Å². The van der Waals surface area contributed by atoms with Crippen LogP contribution < -0.4 is 10.6 Å². The van der Waals surface area contributed by atoms with Gasteiger partial charge >= 0.3 is 6.18 Å². The van der Waals surface area contributed by atoms with E-state index in [1.54, 1.807) is 6.07 Å². The molecule has 0 bridgehead atoms. The first-order valence-corrected chi connectivity index (χ1v) is 11.2. The van der Waals surface area contributed by atoms with Crippen LogP contribution in [0.2, 0.25) is 0 Å². The van der Waals surface area contributed by atoms with Gasteiger partial charge in [-0.25, -0.2) is 4.68 Å². The number of halogens is 3. The molecule has 0 spiro atoms. The standard InChI is InChI=1S/C23H30F3N5O/c1-4-17-10-20(23(24,25)26)31-21(27-17)11-19(29-31)16-7-8-30(12-16)13-22(32)28-18-9-14(2)5-6-15(18)3/h5-6,9,11,16-17,20,27H,4,7-8,10,12-13H2,1-3H3,(H,28,32)/t16-,17+,20+/m1/s1. The minimum Gasteiger partial charge on any atom is -0.367 e. The fraction of sp³-hybridized carbons (Fsp3) is 0.565. The van der Waals surface area contributed by atoms with Gasteiger partial charge in [0.15, 0.2) is 6.04 Å². The van der Waals surface area contributed by atoms with Crippen molar-refractivity contribution in [3.8, 4) is 0 Å². The lowest BCUT2D eigenvalue weighted by molar-refractivity contribution is -0.173. The van der Waals surface area contributed by atoms with Crippen molar-refractivity contribution in [1.82, 2.24) is 14.7 Å². The van der Waals surface area contributed by atoms with E-state index in [4.69, 9.17) is 0 Å². The fourth-order valence-electron chi connectivity index (χ4n) is 4.62. The lowest BCUT2D eigenvalue weighted by Gasteiger charge is -2.32. The largest absolute Gasteiger partial charge is 0.410 e. The number of aryl methyl sites for hydroxylation is 2. The summed E-state index contributed by atoms with van der Waals surface area (Å²) in [4.78, 5) is 14.6. The Labute approximate surface area is 186 Å².